The van der Waals surface area contributed by atoms with E-state index in [4.69, 9.17) is 9.47 Å². The highest BCUT2D eigenvalue weighted by molar-refractivity contribution is 6.18. The fourth-order valence-corrected chi connectivity index (χ4v) is 3.51. The quantitative estimate of drug-likeness (QED) is 0.790. The lowest BCUT2D eigenvalue weighted by Gasteiger charge is -2.31. The summed E-state index contributed by atoms with van der Waals surface area (Å²) in [5.41, 5.74) is 1.66. The number of pyridine rings is 1. The zero-order valence-electron chi connectivity index (χ0n) is 17.3. The number of hydrogen-bond donors (Lipinski definition) is 1. The van der Waals surface area contributed by atoms with E-state index >= 15 is 0 Å². The molecular formula is C21H27N3O4. The summed E-state index contributed by atoms with van der Waals surface area (Å²) in [6.07, 6.45) is 4.50. The van der Waals surface area contributed by atoms with E-state index in [0.717, 1.165) is 16.5 Å². The molecule has 1 aliphatic rings. The Morgan fingerprint density at radius 2 is 2.04 bits per heavy atom. The Balaban J connectivity index is 2.18. The Bertz CT molecular complexity index is 950. The van der Waals surface area contributed by atoms with Crippen LogP contribution in [0.25, 0.3) is 16.5 Å². The Labute approximate surface area is 164 Å². The first kappa shape index (κ1) is 19.9. The van der Waals surface area contributed by atoms with Crippen LogP contribution in [0.15, 0.2) is 24.7 Å². The molecule has 2 aromatic rings. The van der Waals surface area contributed by atoms with Crippen LogP contribution in [-0.2, 0) is 19.7 Å². The predicted molar refractivity (Wildman–Crippen MR) is 107 cm³/mol. The van der Waals surface area contributed by atoms with E-state index in [1.54, 1.807) is 19.3 Å². The smallest absolute Gasteiger partial charge is 0.414 e. The maximum absolute atomic E-state index is 12.8. The van der Waals surface area contributed by atoms with Gasteiger partial charge in [0.15, 0.2) is 0 Å². The van der Waals surface area contributed by atoms with Gasteiger partial charge in [-0.25, -0.2) is 9.59 Å². The van der Waals surface area contributed by atoms with Crippen LogP contribution >= 0.6 is 0 Å². The molecule has 28 heavy (non-hydrogen) atoms. The monoisotopic (exact) mass is 385 g/mol. The van der Waals surface area contributed by atoms with Crippen molar-refractivity contribution in [3.63, 3.8) is 0 Å². The number of ether oxygens (including phenoxy) is 2. The normalized spacial score (nSPS) is 16.2. The maximum Gasteiger partial charge on any atom is 0.414 e. The average Bonchev–Trinajstić information content (AvgIpc) is 2.91. The third kappa shape index (κ3) is 3.74. The molecule has 0 aromatic carbocycles. The summed E-state index contributed by atoms with van der Waals surface area (Å²) in [6.45, 7) is 11.8. The molecule has 0 radical (unpaired) electrons. The molecule has 0 atom stereocenters. The topological polar surface area (TPSA) is 84.5 Å². The lowest BCUT2D eigenvalue weighted by atomic mass is 9.82. The molecule has 1 aliphatic heterocycles. The number of carbonyl (C=O) groups excluding carboxylic acids is 2. The molecule has 1 amide bonds. The summed E-state index contributed by atoms with van der Waals surface area (Å²) >= 11 is 0. The second-order valence-electron chi connectivity index (χ2n) is 8.55. The fraction of sp³-hybridized carbons (Fsp3) is 0.476. The summed E-state index contributed by atoms with van der Waals surface area (Å²) in [5.74, 6) is -0.491. The van der Waals surface area contributed by atoms with E-state index < -0.39 is 23.1 Å². The Kier molecular flexibility index (Phi) is 4.95. The number of esters is 1. The van der Waals surface area contributed by atoms with Crippen molar-refractivity contribution in [2.24, 2.45) is 0 Å². The third-order valence-corrected chi connectivity index (χ3v) is 4.52. The molecule has 3 heterocycles. The van der Waals surface area contributed by atoms with Gasteiger partial charge in [0.1, 0.15) is 5.60 Å². The minimum Gasteiger partial charge on any atom is -0.462 e. The van der Waals surface area contributed by atoms with Gasteiger partial charge in [-0.05, 0) is 39.3 Å². The minimum absolute atomic E-state index is 0.239. The van der Waals surface area contributed by atoms with Crippen molar-refractivity contribution in [1.29, 1.82) is 0 Å². The van der Waals surface area contributed by atoms with Crippen molar-refractivity contribution in [2.75, 3.05) is 13.2 Å². The van der Waals surface area contributed by atoms with Gasteiger partial charge in [-0.15, -0.1) is 0 Å². The first-order chi connectivity index (χ1) is 13.0. The van der Waals surface area contributed by atoms with Crippen LogP contribution in [-0.4, -0.2) is 45.7 Å². The number of nitrogens with one attached hydrogen (secondary N) is 1. The number of aromatic nitrogens is 2. The van der Waals surface area contributed by atoms with Gasteiger partial charge in [0.05, 0.1) is 17.9 Å². The highest BCUT2D eigenvalue weighted by Gasteiger charge is 2.38. The van der Waals surface area contributed by atoms with Crippen LogP contribution in [0.5, 0.6) is 0 Å². The molecule has 0 unspecified atom stereocenters. The average molecular weight is 385 g/mol. The molecule has 7 nitrogen and oxygen atoms in total. The van der Waals surface area contributed by atoms with Gasteiger partial charge < -0.3 is 14.5 Å². The van der Waals surface area contributed by atoms with E-state index in [2.05, 4.69) is 9.97 Å². The number of H-pyrrole nitrogens is 1. The number of amides is 1. The molecule has 0 fully saturated rings. The van der Waals surface area contributed by atoms with Crippen molar-refractivity contribution in [1.82, 2.24) is 14.9 Å². The maximum atomic E-state index is 12.8. The van der Waals surface area contributed by atoms with E-state index in [1.807, 2.05) is 40.7 Å². The Hall–Kier alpha value is -2.83. The second-order valence-corrected chi connectivity index (χ2v) is 8.55. The van der Waals surface area contributed by atoms with Gasteiger partial charge in [-0.2, -0.15) is 0 Å². The van der Waals surface area contributed by atoms with Crippen molar-refractivity contribution in [2.45, 2.75) is 52.6 Å². The van der Waals surface area contributed by atoms with E-state index in [9.17, 15) is 9.59 Å². The van der Waals surface area contributed by atoms with Gasteiger partial charge >= 0.3 is 12.1 Å². The van der Waals surface area contributed by atoms with Gasteiger partial charge in [0, 0.05) is 41.5 Å². The van der Waals surface area contributed by atoms with Crippen LogP contribution in [0.4, 0.5) is 4.79 Å². The van der Waals surface area contributed by atoms with Crippen molar-refractivity contribution < 1.29 is 19.1 Å². The molecule has 7 heteroatoms. The molecule has 0 saturated carbocycles. The Morgan fingerprint density at radius 3 is 2.68 bits per heavy atom. The number of rotatable bonds is 2. The van der Waals surface area contributed by atoms with Crippen LogP contribution in [0.2, 0.25) is 0 Å². The molecule has 2 aromatic heterocycles. The Morgan fingerprint density at radius 1 is 1.32 bits per heavy atom. The van der Waals surface area contributed by atoms with Crippen molar-refractivity contribution in [3.05, 3.63) is 35.9 Å². The van der Waals surface area contributed by atoms with Gasteiger partial charge in [0.25, 0.3) is 0 Å². The second kappa shape index (κ2) is 6.96. The molecule has 0 aliphatic carbocycles. The first-order valence-electron chi connectivity index (χ1n) is 9.38. The van der Waals surface area contributed by atoms with Gasteiger partial charge in [-0.1, -0.05) is 13.8 Å². The summed E-state index contributed by atoms with van der Waals surface area (Å²) in [4.78, 5) is 34.6. The molecular weight excluding hydrogens is 358 g/mol. The summed E-state index contributed by atoms with van der Waals surface area (Å²) in [5, 5.41) is 0.920. The standard InChI is InChI=1S/C21H27N3O4/c1-7-27-18(25)14-11-24(19(26)28-20(2,3)4)12-21(5,6)16-13-10-22-9-8-15(13)23-17(14)16/h8-11,23H,7,12H2,1-6H3. The summed E-state index contributed by atoms with van der Waals surface area (Å²) in [7, 11) is 0. The largest absolute Gasteiger partial charge is 0.462 e. The number of fused-ring (bicyclic) bond motifs is 3. The lowest BCUT2D eigenvalue weighted by molar-refractivity contribution is -0.136. The zero-order chi connectivity index (χ0) is 20.7. The third-order valence-electron chi connectivity index (χ3n) is 4.52. The highest BCUT2D eigenvalue weighted by Crippen LogP contribution is 2.40. The highest BCUT2D eigenvalue weighted by atomic mass is 16.6. The molecule has 0 saturated heterocycles. The number of hydrogen-bond acceptors (Lipinski definition) is 5. The van der Waals surface area contributed by atoms with Crippen molar-refractivity contribution in [3.8, 4) is 0 Å². The molecule has 1 N–H and O–H groups in total. The molecule has 150 valence electrons. The number of nitrogens with zero attached hydrogens (tertiary/aromatic N) is 2. The molecule has 3 rings (SSSR count). The SMILES string of the molecule is CCOC(=O)C1=CN(C(=O)OC(C)(C)C)CC(C)(C)c2c1[nH]c1ccncc21. The van der Waals surface area contributed by atoms with E-state index in [0.29, 0.717) is 17.8 Å². The molecule has 0 spiro atoms. The molecule has 0 bridgehead atoms. The minimum atomic E-state index is -0.642. The number of aromatic amines is 1. The van der Waals surface area contributed by atoms with Gasteiger partial charge in [0.2, 0.25) is 0 Å². The first-order valence-corrected chi connectivity index (χ1v) is 9.38. The lowest BCUT2D eigenvalue weighted by Crippen LogP contribution is -2.40. The van der Waals surface area contributed by atoms with Crippen LogP contribution in [0, 0.1) is 0 Å². The van der Waals surface area contributed by atoms with Gasteiger partial charge in [-0.3, -0.25) is 9.88 Å². The van der Waals surface area contributed by atoms with Crippen LogP contribution < -0.4 is 0 Å². The number of carbonyl (C=O) groups is 2. The van der Waals surface area contributed by atoms with Crippen LogP contribution in [0.1, 0.15) is 52.8 Å². The van der Waals surface area contributed by atoms with E-state index in [1.165, 1.54) is 11.1 Å². The van der Waals surface area contributed by atoms with Crippen LogP contribution in [0.3, 0.4) is 0 Å². The van der Waals surface area contributed by atoms with Crippen molar-refractivity contribution >= 4 is 28.5 Å². The van der Waals surface area contributed by atoms with E-state index in [-0.39, 0.29) is 6.61 Å². The summed E-state index contributed by atoms with van der Waals surface area (Å²) in [6, 6.07) is 1.87. The summed E-state index contributed by atoms with van der Waals surface area (Å²) < 4.78 is 10.8. The zero-order valence-corrected chi connectivity index (χ0v) is 17.3. The fourth-order valence-electron chi connectivity index (χ4n) is 3.51. The predicted octanol–water partition coefficient (Wildman–Crippen LogP) is 4.00.